The van der Waals surface area contributed by atoms with Crippen LogP contribution < -0.4 is 5.43 Å². The molecular formula is C18H12FIN2O2. The summed E-state index contributed by atoms with van der Waals surface area (Å²) in [6.07, 6.45) is 1.41. The summed E-state index contributed by atoms with van der Waals surface area (Å²) < 4.78 is 19.6. The Labute approximate surface area is 151 Å². The number of benzene rings is 2. The average molecular weight is 434 g/mol. The van der Waals surface area contributed by atoms with Gasteiger partial charge in [-0.2, -0.15) is 5.10 Å². The number of carbonyl (C=O) groups is 1. The standard InChI is InChI=1S/C18H12FIN2O2/c19-14-5-1-12(2-6-14)17-10-9-16(24-17)11-21-22-18(23)13-3-7-15(20)8-4-13/h1-11H,(H,22,23)/b21-11-. The van der Waals surface area contributed by atoms with Gasteiger partial charge >= 0.3 is 0 Å². The molecule has 0 saturated carbocycles. The molecule has 120 valence electrons. The van der Waals surface area contributed by atoms with E-state index in [0.29, 0.717) is 17.1 Å². The van der Waals surface area contributed by atoms with Gasteiger partial charge in [0.1, 0.15) is 17.3 Å². The molecule has 1 amide bonds. The van der Waals surface area contributed by atoms with Gasteiger partial charge in [-0.25, -0.2) is 9.82 Å². The molecule has 24 heavy (non-hydrogen) atoms. The van der Waals surface area contributed by atoms with Crippen LogP contribution in [0.25, 0.3) is 11.3 Å². The molecule has 0 radical (unpaired) electrons. The van der Waals surface area contributed by atoms with Gasteiger partial charge in [0, 0.05) is 14.7 Å². The highest BCUT2D eigenvalue weighted by Gasteiger charge is 2.05. The van der Waals surface area contributed by atoms with Crippen LogP contribution in [0.2, 0.25) is 0 Å². The summed E-state index contributed by atoms with van der Waals surface area (Å²) >= 11 is 2.17. The Balaban J connectivity index is 1.64. The van der Waals surface area contributed by atoms with Gasteiger partial charge in [-0.15, -0.1) is 0 Å². The predicted molar refractivity (Wildman–Crippen MR) is 98.3 cm³/mol. The Bertz CT molecular complexity index is 871. The molecule has 0 fully saturated rings. The van der Waals surface area contributed by atoms with Gasteiger partial charge < -0.3 is 4.42 Å². The number of hydrogen-bond donors (Lipinski definition) is 1. The van der Waals surface area contributed by atoms with E-state index in [-0.39, 0.29) is 11.7 Å². The number of halogens is 2. The van der Waals surface area contributed by atoms with Crippen LogP contribution in [0.5, 0.6) is 0 Å². The molecule has 0 unspecified atom stereocenters. The highest BCUT2D eigenvalue weighted by Crippen LogP contribution is 2.21. The molecule has 1 heterocycles. The molecule has 0 atom stereocenters. The third-order valence-electron chi connectivity index (χ3n) is 3.22. The van der Waals surface area contributed by atoms with E-state index in [2.05, 4.69) is 33.1 Å². The van der Waals surface area contributed by atoms with E-state index in [1.54, 1.807) is 36.4 Å². The maximum absolute atomic E-state index is 12.9. The lowest BCUT2D eigenvalue weighted by Gasteiger charge is -1.99. The van der Waals surface area contributed by atoms with E-state index >= 15 is 0 Å². The first kappa shape index (κ1) is 16.4. The quantitative estimate of drug-likeness (QED) is 0.375. The molecule has 6 heteroatoms. The van der Waals surface area contributed by atoms with Gasteiger partial charge in [0.2, 0.25) is 0 Å². The number of nitrogens with one attached hydrogen (secondary N) is 1. The van der Waals surface area contributed by atoms with Crippen LogP contribution in [0.3, 0.4) is 0 Å². The molecule has 0 aliphatic carbocycles. The molecule has 3 rings (SSSR count). The first-order valence-corrected chi connectivity index (χ1v) is 8.14. The van der Waals surface area contributed by atoms with Crippen molar-refractivity contribution in [1.82, 2.24) is 5.43 Å². The summed E-state index contributed by atoms with van der Waals surface area (Å²) in [6.45, 7) is 0. The Morgan fingerprint density at radius 1 is 1.04 bits per heavy atom. The molecule has 0 aliphatic heterocycles. The topological polar surface area (TPSA) is 54.6 Å². The number of hydrazone groups is 1. The van der Waals surface area contributed by atoms with Crippen molar-refractivity contribution in [3.8, 4) is 11.3 Å². The number of nitrogens with zero attached hydrogens (tertiary/aromatic N) is 1. The fraction of sp³-hybridized carbons (Fsp3) is 0. The van der Waals surface area contributed by atoms with Crippen molar-refractivity contribution in [2.75, 3.05) is 0 Å². The summed E-state index contributed by atoms with van der Waals surface area (Å²) in [5.41, 5.74) is 3.73. The summed E-state index contributed by atoms with van der Waals surface area (Å²) in [5.74, 6) is 0.482. The number of carbonyl (C=O) groups excluding carboxylic acids is 1. The third kappa shape index (κ3) is 4.08. The van der Waals surface area contributed by atoms with Crippen molar-refractivity contribution in [2.45, 2.75) is 0 Å². The van der Waals surface area contributed by atoms with Crippen LogP contribution in [-0.4, -0.2) is 12.1 Å². The van der Waals surface area contributed by atoms with E-state index in [9.17, 15) is 9.18 Å². The number of rotatable bonds is 4. The highest BCUT2D eigenvalue weighted by atomic mass is 127. The van der Waals surface area contributed by atoms with Gasteiger partial charge in [-0.3, -0.25) is 4.79 Å². The average Bonchev–Trinajstić information content (AvgIpc) is 3.05. The van der Waals surface area contributed by atoms with Crippen molar-refractivity contribution in [3.05, 3.63) is 81.4 Å². The molecule has 0 saturated heterocycles. The Morgan fingerprint density at radius 3 is 2.46 bits per heavy atom. The van der Waals surface area contributed by atoms with E-state index in [1.807, 2.05) is 12.1 Å². The Hall–Kier alpha value is -2.48. The van der Waals surface area contributed by atoms with Crippen LogP contribution in [0.1, 0.15) is 16.1 Å². The lowest BCUT2D eigenvalue weighted by molar-refractivity contribution is 0.0955. The van der Waals surface area contributed by atoms with Gasteiger partial charge in [0.15, 0.2) is 0 Å². The molecule has 0 spiro atoms. The summed E-state index contributed by atoms with van der Waals surface area (Å²) in [7, 11) is 0. The number of amides is 1. The zero-order valence-electron chi connectivity index (χ0n) is 12.4. The van der Waals surface area contributed by atoms with Crippen molar-refractivity contribution < 1.29 is 13.6 Å². The summed E-state index contributed by atoms with van der Waals surface area (Å²) in [6, 6.07) is 16.6. The van der Waals surface area contributed by atoms with E-state index in [4.69, 9.17) is 4.42 Å². The van der Waals surface area contributed by atoms with Crippen LogP contribution in [0, 0.1) is 9.39 Å². The Morgan fingerprint density at radius 2 is 1.75 bits per heavy atom. The minimum absolute atomic E-state index is 0.298. The fourth-order valence-corrected chi connectivity index (χ4v) is 2.37. The largest absolute Gasteiger partial charge is 0.455 e. The van der Waals surface area contributed by atoms with Gasteiger partial charge in [-0.1, -0.05) is 0 Å². The molecule has 0 bridgehead atoms. The van der Waals surface area contributed by atoms with E-state index < -0.39 is 0 Å². The SMILES string of the molecule is O=C(N/N=C\c1ccc(-c2ccc(F)cc2)o1)c1ccc(I)cc1. The molecule has 2 aromatic carbocycles. The van der Waals surface area contributed by atoms with Crippen molar-refractivity contribution in [1.29, 1.82) is 0 Å². The summed E-state index contributed by atoms with van der Waals surface area (Å²) in [5, 5.41) is 3.88. The van der Waals surface area contributed by atoms with Crippen LogP contribution >= 0.6 is 22.6 Å². The van der Waals surface area contributed by atoms with Crippen molar-refractivity contribution in [3.63, 3.8) is 0 Å². The van der Waals surface area contributed by atoms with E-state index in [0.717, 1.165) is 9.13 Å². The maximum atomic E-state index is 12.9. The zero-order chi connectivity index (χ0) is 16.9. The Kier molecular flexibility index (Phi) is 5.05. The first-order valence-electron chi connectivity index (χ1n) is 7.06. The lowest BCUT2D eigenvalue weighted by Crippen LogP contribution is -2.17. The molecule has 1 aromatic heterocycles. The molecular weight excluding hydrogens is 422 g/mol. The zero-order valence-corrected chi connectivity index (χ0v) is 14.5. The highest BCUT2D eigenvalue weighted by molar-refractivity contribution is 14.1. The second kappa shape index (κ2) is 7.39. The minimum atomic E-state index is -0.301. The molecule has 3 aromatic rings. The lowest BCUT2D eigenvalue weighted by atomic mass is 10.2. The predicted octanol–water partition coefficient (Wildman–Crippen LogP) is 4.45. The van der Waals surface area contributed by atoms with E-state index in [1.165, 1.54) is 18.3 Å². The van der Waals surface area contributed by atoms with Crippen LogP contribution in [0.4, 0.5) is 4.39 Å². The number of furan rings is 1. The second-order valence-corrected chi connectivity index (χ2v) is 6.16. The molecule has 0 aliphatic rings. The monoisotopic (exact) mass is 434 g/mol. The normalized spacial score (nSPS) is 10.9. The van der Waals surface area contributed by atoms with Crippen molar-refractivity contribution in [2.24, 2.45) is 5.10 Å². The third-order valence-corrected chi connectivity index (χ3v) is 3.94. The number of hydrogen-bond acceptors (Lipinski definition) is 3. The summed E-state index contributed by atoms with van der Waals surface area (Å²) in [4.78, 5) is 11.9. The van der Waals surface area contributed by atoms with Crippen LogP contribution in [0.15, 0.2) is 70.2 Å². The van der Waals surface area contributed by atoms with Gasteiger partial charge in [-0.05, 0) is 83.3 Å². The molecule has 4 nitrogen and oxygen atoms in total. The second-order valence-electron chi connectivity index (χ2n) is 4.91. The smallest absolute Gasteiger partial charge is 0.271 e. The molecule has 1 N–H and O–H groups in total. The van der Waals surface area contributed by atoms with Crippen molar-refractivity contribution >= 4 is 34.7 Å². The van der Waals surface area contributed by atoms with Crippen LogP contribution in [-0.2, 0) is 0 Å². The first-order chi connectivity index (χ1) is 11.6. The van der Waals surface area contributed by atoms with Gasteiger partial charge in [0.25, 0.3) is 5.91 Å². The minimum Gasteiger partial charge on any atom is -0.455 e. The maximum Gasteiger partial charge on any atom is 0.271 e. The van der Waals surface area contributed by atoms with Gasteiger partial charge in [0.05, 0.1) is 6.21 Å². The fourth-order valence-electron chi connectivity index (χ4n) is 2.01.